The lowest BCUT2D eigenvalue weighted by atomic mass is 10.1. The molecule has 0 fully saturated rings. The minimum atomic E-state index is 0.0820. The van der Waals surface area contributed by atoms with Gasteiger partial charge in [0.05, 0.1) is 0 Å². The zero-order chi connectivity index (χ0) is 15.1. The van der Waals surface area contributed by atoms with Gasteiger partial charge in [-0.05, 0) is 30.7 Å². The van der Waals surface area contributed by atoms with E-state index < -0.39 is 0 Å². The van der Waals surface area contributed by atoms with Gasteiger partial charge in [-0.15, -0.1) is 0 Å². The molecule has 0 radical (unpaired) electrons. The predicted molar refractivity (Wildman–Crippen MR) is 88.7 cm³/mol. The maximum atomic E-state index is 6.27. The van der Waals surface area contributed by atoms with Gasteiger partial charge in [0.2, 0.25) is 0 Å². The van der Waals surface area contributed by atoms with Gasteiger partial charge >= 0.3 is 0 Å². The molecule has 0 heterocycles. The lowest BCUT2D eigenvalue weighted by Gasteiger charge is -2.21. The summed E-state index contributed by atoms with van der Waals surface area (Å²) in [4.78, 5) is 0. The minimum Gasteiger partial charge on any atom is -0.485 e. The van der Waals surface area contributed by atoms with E-state index in [-0.39, 0.29) is 6.10 Å². The van der Waals surface area contributed by atoms with Crippen molar-refractivity contribution in [1.82, 2.24) is 5.32 Å². The molecule has 0 aromatic heterocycles. The molecule has 2 rings (SSSR count). The van der Waals surface area contributed by atoms with Crippen molar-refractivity contribution in [2.75, 3.05) is 6.54 Å². The van der Waals surface area contributed by atoms with Crippen molar-refractivity contribution >= 4 is 0 Å². The third-order valence-electron chi connectivity index (χ3n) is 3.49. The first kappa shape index (κ1) is 15.6. The molecule has 0 aliphatic rings. The second kappa shape index (κ2) is 7.84. The summed E-state index contributed by atoms with van der Waals surface area (Å²) in [6, 6.07) is 19.2. The summed E-state index contributed by atoms with van der Waals surface area (Å²) in [6.45, 7) is 7.37. The molecule has 0 saturated heterocycles. The summed E-state index contributed by atoms with van der Waals surface area (Å²) in [6.07, 6.45) is 1.04. The molecule has 2 nitrogen and oxygen atoms in total. The van der Waals surface area contributed by atoms with Crippen LogP contribution in [0.15, 0.2) is 54.6 Å². The van der Waals surface area contributed by atoms with Crippen molar-refractivity contribution in [3.05, 3.63) is 65.7 Å². The highest BCUT2D eigenvalue weighted by atomic mass is 16.5. The smallest absolute Gasteiger partial charge is 0.125 e. The molecule has 0 spiro atoms. The van der Waals surface area contributed by atoms with Gasteiger partial charge in [-0.2, -0.15) is 0 Å². The van der Waals surface area contributed by atoms with Crippen LogP contribution >= 0.6 is 0 Å². The number of aryl methyl sites for hydroxylation is 1. The Morgan fingerprint density at radius 2 is 1.62 bits per heavy atom. The SMILES string of the molecule is Cc1ccccc1OC(CCNC(C)C)c1ccccc1. The summed E-state index contributed by atoms with van der Waals surface area (Å²) in [7, 11) is 0. The van der Waals surface area contributed by atoms with Crippen LogP contribution in [-0.4, -0.2) is 12.6 Å². The van der Waals surface area contributed by atoms with Crippen molar-refractivity contribution in [3.8, 4) is 5.75 Å². The molecule has 0 bridgehead atoms. The average Bonchev–Trinajstić information content (AvgIpc) is 2.49. The van der Waals surface area contributed by atoms with E-state index >= 15 is 0 Å². The van der Waals surface area contributed by atoms with Crippen molar-refractivity contribution in [3.63, 3.8) is 0 Å². The minimum absolute atomic E-state index is 0.0820. The van der Waals surface area contributed by atoms with Crippen LogP contribution in [0.5, 0.6) is 5.75 Å². The number of hydrogen-bond donors (Lipinski definition) is 1. The fourth-order valence-electron chi connectivity index (χ4n) is 2.31. The zero-order valence-electron chi connectivity index (χ0n) is 13.2. The van der Waals surface area contributed by atoms with E-state index in [0.29, 0.717) is 6.04 Å². The molecule has 0 amide bonds. The predicted octanol–water partition coefficient (Wildman–Crippen LogP) is 4.50. The van der Waals surface area contributed by atoms with E-state index in [0.717, 1.165) is 18.7 Å². The summed E-state index contributed by atoms with van der Waals surface area (Å²) in [5, 5.41) is 3.47. The van der Waals surface area contributed by atoms with Gasteiger partial charge in [-0.1, -0.05) is 62.4 Å². The number of benzene rings is 2. The van der Waals surface area contributed by atoms with Crippen LogP contribution < -0.4 is 10.1 Å². The number of para-hydroxylation sites is 1. The molecular weight excluding hydrogens is 258 g/mol. The van der Waals surface area contributed by atoms with Crippen molar-refractivity contribution in [2.45, 2.75) is 39.3 Å². The molecule has 1 N–H and O–H groups in total. The fourth-order valence-corrected chi connectivity index (χ4v) is 2.31. The van der Waals surface area contributed by atoms with E-state index in [1.54, 1.807) is 0 Å². The summed E-state index contributed by atoms with van der Waals surface area (Å²) < 4.78 is 6.27. The monoisotopic (exact) mass is 283 g/mol. The van der Waals surface area contributed by atoms with Gasteiger partial charge in [0.15, 0.2) is 0 Å². The van der Waals surface area contributed by atoms with Gasteiger partial charge < -0.3 is 10.1 Å². The second-order valence-electron chi connectivity index (χ2n) is 5.68. The molecule has 0 saturated carbocycles. The van der Waals surface area contributed by atoms with Crippen LogP contribution in [0.4, 0.5) is 0 Å². The Hall–Kier alpha value is -1.80. The number of ether oxygens (including phenoxy) is 1. The first-order valence-electron chi connectivity index (χ1n) is 7.67. The molecule has 21 heavy (non-hydrogen) atoms. The largest absolute Gasteiger partial charge is 0.485 e. The Balaban J connectivity index is 2.10. The standard InChI is InChI=1S/C19H25NO/c1-15(2)20-14-13-19(17-10-5-4-6-11-17)21-18-12-8-7-9-16(18)3/h4-12,15,19-20H,13-14H2,1-3H3. The Kier molecular flexibility index (Phi) is 5.82. The highest BCUT2D eigenvalue weighted by Crippen LogP contribution is 2.26. The van der Waals surface area contributed by atoms with E-state index in [1.165, 1.54) is 11.1 Å². The number of rotatable bonds is 7. The Morgan fingerprint density at radius 3 is 2.29 bits per heavy atom. The number of hydrogen-bond acceptors (Lipinski definition) is 2. The molecule has 1 unspecified atom stereocenters. The normalized spacial score (nSPS) is 12.4. The van der Waals surface area contributed by atoms with Crippen LogP contribution in [-0.2, 0) is 0 Å². The lowest BCUT2D eigenvalue weighted by Crippen LogP contribution is -2.26. The highest BCUT2D eigenvalue weighted by Gasteiger charge is 2.14. The van der Waals surface area contributed by atoms with E-state index in [9.17, 15) is 0 Å². The first-order chi connectivity index (χ1) is 10.2. The van der Waals surface area contributed by atoms with E-state index in [4.69, 9.17) is 4.74 Å². The topological polar surface area (TPSA) is 21.3 Å². The van der Waals surface area contributed by atoms with Crippen molar-refractivity contribution in [1.29, 1.82) is 0 Å². The average molecular weight is 283 g/mol. The van der Waals surface area contributed by atoms with Gasteiger partial charge in [-0.25, -0.2) is 0 Å². The summed E-state index contributed by atoms with van der Waals surface area (Å²) >= 11 is 0. The third kappa shape index (κ3) is 4.91. The zero-order valence-corrected chi connectivity index (χ0v) is 13.2. The van der Waals surface area contributed by atoms with E-state index in [1.807, 2.05) is 24.3 Å². The Bertz CT molecular complexity index is 536. The van der Waals surface area contributed by atoms with Crippen LogP contribution in [0.1, 0.15) is 37.5 Å². The van der Waals surface area contributed by atoms with Crippen LogP contribution in [0.3, 0.4) is 0 Å². The number of nitrogens with one attached hydrogen (secondary N) is 1. The van der Waals surface area contributed by atoms with Gasteiger partial charge in [0.25, 0.3) is 0 Å². The summed E-state index contributed by atoms with van der Waals surface area (Å²) in [5.74, 6) is 0.968. The molecular formula is C19H25NO. The van der Waals surface area contributed by atoms with Gasteiger partial charge in [-0.3, -0.25) is 0 Å². The molecule has 1 atom stereocenters. The van der Waals surface area contributed by atoms with Crippen molar-refractivity contribution in [2.24, 2.45) is 0 Å². The molecule has 112 valence electrons. The van der Waals surface area contributed by atoms with Crippen LogP contribution in [0, 0.1) is 6.92 Å². The highest BCUT2D eigenvalue weighted by molar-refractivity contribution is 5.33. The molecule has 0 aliphatic heterocycles. The van der Waals surface area contributed by atoms with Crippen LogP contribution in [0.25, 0.3) is 0 Å². The maximum absolute atomic E-state index is 6.27. The van der Waals surface area contributed by atoms with Crippen molar-refractivity contribution < 1.29 is 4.74 Å². The second-order valence-corrected chi connectivity index (χ2v) is 5.68. The Morgan fingerprint density at radius 1 is 0.952 bits per heavy atom. The van der Waals surface area contributed by atoms with Gasteiger partial charge in [0.1, 0.15) is 11.9 Å². The Labute approximate surface area is 128 Å². The fraction of sp³-hybridized carbons (Fsp3) is 0.368. The quantitative estimate of drug-likeness (QED) is 0.807. The van der Waals surface area contributed by atoms with Crippen LogP contribution in [0.2, 0.25) is 0 Å². The molecule has 2 aromatic rings. The summed E-state index contributed by atoms with van der Waals surface area (Å²) in [5.41, 5.74) is 2.40. The maximum Gasteiger partial charge on any atom is 0.125 e. The molecule has 2 heteroatoms. The van der Waals surface area contributed by atoms with E-state index in [2.05, 4.69) is 56.4 Å². The lowest BCUT2D eigenvalue weighted by molar-refractivity contribution is 0.191. The third-order valence-corrected chi connectivity index (χ3v) is 3.49. The first-order valence-corrected chi connectivity index (χ1v) is 7.67. The molecule has 2 aromatic carbocycles. The van der Waals surface area contributed by atoms with Gasteiger partial charge in [0, 0.05) is 12.5 Å². The molecule has 0 aliphatic carbocycles.